The van der Waals surface area contributed by atoms with Crippen molar-refractivity contribution in [2.45, 2.75) is 51.2 Å². The molecule has 1 amide bonds. The first-order valence-corrected chi connectivity index (χ1v) is 6.49. The maximum atomic E-state index is 12.3. The summed E-state index contributed by atoms with van der Waals surface area (Å²) in [6.45, 7) is 2.75. The first-order valence-electron chi connectivity index (χ1n) is 6.49. The molecule has 0 radical (unpaired) electrons. The van der Waals surface area contributed by atoms with Crippen LogP contribution in [0.15, 0.2) is 0 Å². The number of ketones is 1. The molecule has 0 bridgehead atoms. The zero-order chi connectivity index (χ0) is 12.4. The minimum atomic E-state index is -0.266. The molecule has 0 aromatic heterocycles. The molecule has 1 saturated heterocycles. The van der Waals surface area contributed by atoms with Crippen LogP contribution in [0.3, 0.4) is 0 Å². The number of amides is 1. The molecule has 4 nitrogen and oxygen atoms in total. The van der Waals surface area contributed by atoms with Crippen molar-refractivity contribution >= 4 is 11.7 Å². The second kappa shape index (κ2) is 5.17. The summed E-state index contributed by atoms with van der Waals surface area (Å²) in [5, 5.41) is 0. The Balaban J connectivity index is 1.92. The fourth-order valence-electron chi connectivity index (χ4n) is 2.70. The van der Waals surface area contributed by atoms with Crippen molar-refractivity contribution in [2.24, 2.45) is 5.92 Å². The number of carbonyl (C=O) groups excluding carboxylic acids is 2. The molecule has 1 aliphatic carbocycles. The largest absolute Gasteiger partial charge is 0.368 e. The molecule has 96 valence electrons. The topological polar surface area (TPSA) is 46.6 Å². The van der Waals surface area contributed by atoms with Crippen molar-refractivity contribution < 1.29 is 14.3 Å². The number of Topliss-reactive ketones (excluding diaryl/α,β-unsaturated/α-hetero) is 1. The number of likely N-dealkylation sites (N-methyl/N-ethyl adjacent to an activating group) is 1. The molecule has 4 heteroatoms. The van der Waals surface area contributed by atoms with Crippen LogP contribution in [0.1, 0.15) is 39.0 Å². The third kappa shape index (κ3) is 2.68. The summed E-state index contributed by atoms with van der Waals surface area (Å²) in [5.41, 5.74) is 0. The van der Waals surface area contributed by atoms with Crippen LogP contribution in [0.2, 0.25) is 0 Å². The highest BCUT2D eigenvalue weighted by Gasteiger charge is 2.35. The van der Waals surface area contributed by atoms with E-state index < -0.39 is 0 Å². The summed E-state index contributed by atoms with van der Waals surface area (Å²) < 4.78 is 5.50. The third-order valence-corrected chi connectivity index (χ3v) is 4.04. The van der Waals surface area contributed by atoms with E-state index in [1.54, 1.807) is 4.90 Å². The Kier molecular flexibility index (Phi) is 3.82. The lowest BCUT2D eigenvalue weighted by Crippen LogP contribution is -2.45. The van der Waals surface area contributed by atoms with E-state index in [2.05, 4.69) is 6.92 Å². The Labute approximate surface area is 102 Å². The number of hydrogen-bond acceptors (Lipinski definition) is 3. The van der Waals surface area contributed by atoms with Gasteiger partial charge in [-0.05, 0) is 25.2 Å². The summed E-state index contributed by atoms with van der Waals surface area (Å²) >= 11 is 0. The van der Waals surface area contributed by atoms with Gasteiger partial charge in [0.05, 0.1) is 0 Å². The minimum absolute atomic E-state index is 0.0920. The number of rotatable bonds is 2. The predicted octanol–water partition coefficient (Wildman–Crippen LogP) is 1.38. The smallest absolute Gasteiger partial charge is 0.251 e. The van der Waals surface area contributed by atoms with Gasteiger partial charge in [-0.3, -0.25) is 9.59 Å². The quantitative estimate of drug-likeness (QED) is 0.731. The lowest BCUT2D eigenvalue weighted by Gasteiger charge is -2.33. The Morgan fingerprint density at radius 2 is 1.94 bits per heavy atom. The first-order chi connectivity index (χ1) is 8.09. The second-order valence-corrected chi connectivity index (χ2v) is 5.28. The molecule has 2 atom stereocenters. The second-order valence-electron chi connectivity index (χ2n) is 5.28. The van der Waals surface area contributed by atoms with Gasteiger partial charge in [0, 0.05) is 32.5 Å². The first kappa shape index (κ1) is 12.6. The van der Waals surface area contributed by atoms with E-state index in [4.69, 9.17) is 4.74 Å². The van der Waals surface area contributed by atoms with Crippen LogP contribution in [0.25, 0.3) is 0 Å². The highest BCUT2D eigenvalue weighted by Crippen LogP contribution is 2.25. The fraction of sp³-hybridized carbons (Fsp3) is 0.846. The molecule has 0 aromatic carbocycles. The Morgan fingerprint density at radius 3 is 2.47 bits per heavy atom. The molecule has 17 heavy (non-hydrogen) atoms. The summed E-state index contributed by atoms with van der Waals surface area (Å²) in [7, 11) is 1.84. The van der Waals surface area contributed by atoms with Gasteiger partial charge in [-0.15, -0.1) is 0 Å². The number of ether oxygens (including phenoxy) is 1. The highest BCUT2D eigenvalue weighted by atomic mass is 16.5. The van der Waals surface area contributed by atoms with E-state index in [1.807, 2.05) is 7.05 Å². The molecule has 0 aromatic rings. The molecule has 1 heterocycles. The van der Waals surface area contributed by atoms with Crippen LogP contribution in [0.5, 0.6) is 0 Å². The molecule has 2 rings (SSSR count). The summed E-state index contributed by atoms with van der Waals surface area (Å²) in [6, 6.07) is 0.219. The Bertz CT molecular complexity index is 306. The number of hydrogen-bond donors (Lipinski definition) is 0. The molecule has 2 unspecified atom stereocenters. The molecule has 1 aliphatic heterocycles. The van der Waals surface area contributed by atoms with Crippen LogP contribution in [0.4, 0.5) is 0 Å². The lowest BCUT2D eigenvalue weighted by molar-refractivity contribution is -0.144. The molecule has 2 aliphatic rings. The lowest BCUT2D eigenvalue weighted by atomic mass is 9.92. The Hall–Kier alpha value is -0.900. The number of carbonyl (C=O) groups is 2. The monoisotopic (exact) mass is 239 g/mol. The van der Waals surface area contributed by atoms with Crippen LogP contribution in [-0.2, 0) is 14.3 Å². The van der Waals surface area contributed by atoms with E-state index in [-0.39, 0.29) is 18.1 Å². The summed E-state index contributed by atoms with van der Waals surface area (Å²) in [4.78, 5) is 25.2. The molecule has 0 spiro atoms. The van der Waals surface area contributed by atoms with E-state index in [0.29, 0.717) is 31.1 Å². The zero-order valence-electron chi connectivity index (χ0n) is 10.6. The minimum Gasteiger partial charge on any atom is -0.368 e. The van der Waals surface area contributed by atoms with Gasteiger partial charge in [-0.1, -0.05) is 6.92 Å². The van der Waals surface area contributed by atoms with Crippen LogP contribution >= 0.6 is 0 Å². The van der Waals surface area contributed by atoms with Crippen LogP contribution in [-0.4, -0.2) is 42.4 Å². The van der Waals surface area contributed by atoms with Crippen molar-refractivity contribution in [3.05, 3.63) is 0 Å². The maximum absolute atomic E-state index is 12.3. The SMILES string of the molecule is CC1CCOC1C(=O)N(C)C1CCC(=O)CC1. The van der Waals surface area contributed by atoms with Gasteiger partial charge < -0.3 is 9.64 Å². The average molecular weight is 239 g/mol. The van der Waals surface area contributed by atoms with Crippen LogP contribution < -0.4 is 0 Å². The zero-order valence-corrected chi connectivity index (χ0v) is 10.6. The van der Waals surface area contributed by atoms with Gasteiger partial charge in [0.1, 0.15) is 11.9 Å². The standard InChI is InChI=1S/C13H21NO3/c1-9-7-8-17-12(9)13(16)14(2)10-3-5-11(15)6-4-10/h9-10,12H,3-8H2,1-2H3. The van der Waals surface area contributed by atoms with Gasteiger partial charge >= 0.3 is 0 Å². The molecule has 1 saturated carbocycles. The van der Waals surface area contributed by atoms with Crippen molar-refractivity contribution in [3.63, 3.8) is 0 Å². The van der Waals surface area contributed by atoms with E-state index in [1.165, 1.54) is 0 Å². The van der Waals surface area contributed by atoms with Gasteiger partial charge in [0.25, 0.3) is 5.91 Å². The molecular formula is C13H21NO3. The van der Waals surface area contributed by atoms with Crippen LogP contribution in [0, 0.1) is 5.92 Å². The summed E-state index contributed by atoms with van der Waals surface area (Å²) in [5.74, 6) is 0.733. The molecule has 0 N–H and O–H groups in total. The predicted molar refractivity (Wildman–Crippen MR) is 63.6 cm³/mol. The van der Waals surface area contributed by atoms with Crippen molar-refractivity contribution in [2.75, 3.05) is 13.7 Å². The maximum Gasteiger partial charge on any atom is 0.251 e. The number of nitrogens with zero attached hydrogens (tertiary/aromatic N) is 1. The van der Waals surface area contributed by atoms with E-state index >= 15 is 0 Å². The average Bonchev–Trinajstić information content (AvgIpc) is 2.74. The van der Waals surface area contributed by atoms with E-state index in [0.717, 1.165) is 19.3 Å². The highest BCUT2D eigenvalue weighted by molar-refractivity contribution is 5.83. The molecule has 2 fully saturated rings. The van der Waals surface area contributed by atoms with Crippen molar-refractivity contribution in [1.29, 1.82) is 0 Å². The van der Waals surface area contributed by atoms with Crippen molar-refractivity contribution in [1.82, 2.24) is 4.90 Å². The van der Waals surface area contributed by atoms with Gasteiger partial charge in [-0.2, -0.15) is 0 Å². The van der Waals surface area contributed by atoms with Gasteiger partial charge in [-0.25, -0.2) is 0 Å². The Morgan fingerprint density at radius 1 is 1.29 bits per heavy atom. The molecular weight excluding hydrogens is 218 g/mol. The normalized spacial score (nSPS) is 30.6. The van der Waals surface area contributed by atoms with Crippen molar-refractivity contribution in [3.8, 4) is 0 Å². The van der Waals surface area contributed by atoms with E-state index in [9.17, 15) is 9.59 Å². The van der Waals surface area contributed by atoms with Gasteiger partial charge in [0.15, 0.2) is 0 Å². The fourth-order valence-corrected chi connectivity index (χ4v) is 2.70. The third-order valence-electron chi connectivity index (χ3n) is 4.04. The summed E-state index contributed by atoms with van der Waals surface area (Å²) in [6.07, 6.45) is 3.54. The van der Waals surface area contributed by atoms with Gasteiger partial charge in [0.2, 0.25) is 0 Å².